The SMILES string of the molecule is CCCCCCCCCCCCC/C=C\C/C=C\CCCCCCCCCCCCCCCCCCCC(=O)NC(COP(=O)([O-])OCC[N+](C)(C)C)C(O)/C=C/CCCCCCCCCCCCCCCC. The van der Waals surface area contributed by atoms with Crippen LogP contribution in [0.15, 0.2) is 36.5 Å². The van der Waals surface area contributed by atoms with Gasteiger partial charge >= 0.3 is 0 Å². The summed E-state index contributed by atoms with van der Waals surface area (Å²) in [4.78, 5) is 25.5. The van der Waals surface area contributed by atoms with Gasteiger partial charge in [0.15, 0.2) is 0 Å². The number of carbonyl (C=O) groups is 1. The van der Waals surface area contributed by atoms with E-state index in [1.807, 2.05) is 27.2 Å². The predicted molar refractivity (Wildman–Crippen MR) is 316 cm³/mol. The molecule has 0 saturated heterocycles. The van der Waals surface area contributed by atoms with Crippen LogP contribution in [0.25, 0.3) is 0 Å². The average Bonchev–Trinajstić information content (AvgIpc) is 3.35. The third kappa shape index (κ3) is 58.2. The van der Waals surface area contributed by atoms with Gasteiger partial charge in [-0.05, 0) is 51.4 Å². The maximum Gasteiger partial charge on any atom is 0.268 e. The second-order valence-electron chi connectivity index (χ2n) is 23.1. The van der Waals surface area contributed by atoms with E-state index in [1.165, 1.54) is 250 Å². The van der Waals surface area contributed by atoms with E-state index in [-0.39, 0.29) is 19.1 Å². The van der Waals surface area contributed by atoms with E-state index in [0.717, 1.165) is 44.9 Å². The third-order valence-electron chi connectivity index (χ3n) is 14.6. The van der Waals surface area contributed by atoms with E-state index in [4.69, 9.17) is 9.05 Å². The molecule has 3 atom stereocenters. The zero-order valence-electron chi connectivity index (χ0n) is 49.4. The highest BCUT2D eigenvalue weighted by atomic mass is 31.2. The molecular formula is C64H125N2O6P. The van der Waals surface area contributed by atoms with Crippen molar-refractivity contribution >= 4 is 13.7 Å². The van der Waals surface area contributed by atoms with E-state index in [1.54, 1.807) is 6.08 Å². The van der Waals surface area contributed by atoms with Gasteiger partial charge in [-0.15, -0.1) is 0 Å². The molecule has 73 heavy (non-hydrogen) atoms. The number of allylic oxidation sites excluding steroid dienone is 5. The summed E-state index contributed by atoms with van der Waals surface area (Å²) in [6, 6.07) is -0.885. The summed E-state index contributed by atoms with van der Waals surface area (Å²) in [6.07, 6.45) is 72.5. The zero-order valence-corrected chi connectivity index (χ0v) is 50.3. The standard InChI is InChI=1S/C64H125N2O6P/c1-6-8-10-12-14-16-18-20-22-24-25-26-27-28-29-30-31-32-33-34-35-36-37-38-39-40-41-42-44-46-48-50-52-54-56-58-64(68)65-62(61-72-73(69,70)71-60-59-66(3,4)5)63(67)57-55-53-51-49-47-45-43-23-21-19-17-15-13-11-9-7-2/h27-28,30-31,55,57,62-63,67H,6-26,29,32-54,56,58-61H2,1-5H3,(H-,65,68,69,70)/b28-27-,31-30-,57-55+. The molecule has 0 aromatic rings. The number of aliphatic hydroxyl groups excluding tert-OH is 1. The molecular weight excluding hydrogens is 924 g/mol. The van der Waals surface area contributed by atoms with Crippen LogP contribution in [0.2, 0.25) is 0 Å². The minimum atomic E-state index is -4.60. The fourth-order valence-electron chi connectivity index (χ4n) is 9.60. The van der Waals surface area contributed by atoms with Gasteiger partial charge in [-0.25, -0.2) is 0 Å². The molecule has 0 aromatic heterocycles. The lowest BCUT2D eigenvalue weighted by Gasteiger charge is -2.29. The Morgan fingerprint density at radius 3 is 1.14 bits per heavy atom. The van der Waals surface area contributed by atoms with Crippen LogP contribution in [0, 0.1) is 0 Å². The first-order valence-electron chi connectivity index (χ1n) is 31.9. The fourth-order valence-corrected chi connectivity index (χ4v) is 10.3. The van der Waals surface area contributed by atoms with Gasteiger partial charge in [-0.2, -0.15) is 0 Å². The average molecular weight is 1050 g/mol. The van der Waals surface area contributed by atoms with Crippen molar-refractivity contribution in [2.45, 2.75) is 328 Å². The molecule has 0 heterocycles. The summed E-state index contributed by atoms with van der Waals surface area (Å²) in [5.74, 6) is -0.193. The Hall–Kier alpha value is -1.28. The number of aliphatic hydroxyl groups is 1. The van der Waals surface area contributed by atoms with Crippen molar-refractivity contribution in [3.8, 4) is 0 Å². The number of phosphoric ester groups is 1. The van der Waals surface area contributed by atoms with Crippen LogP contribution in [0.4, 0.5) is 0 Å². The first kappa shape index (κ1) is 71.7. The normalized spacial score (nSPS) is 14.0. The molecule has 0 aliphatic heterocycles. The van der Waals surface area contributed by atoms with Crippen molar-refractivity contribution in [2.24, 2.45) is 0 Å². The van der Waals surface area contributed by atoms with Crippen molar-refractivity contribution in [1.82, 2.24) is 5.32 Å². The summed E-state index contributed by atoms with van der Waals surface area (Å²) < 4.78 is 23.4. The molecule has 0 aromatic carbocycles. The Labute approximate surface area is 455 Å². The number of quaternary nitrogens is 1. The number of carbonyl (C=O) groups excluding carboxylic acids is 1. The van der Waals surface area contributed by atoms with Gasteiger partial charge in [-0.3, -0.25) is 9.36 Å². The van der Waals surface area contributed by atoms with Gasteiger partial charge in [-0.1, -0.05) is 294 Å². The number of nitrogens with zero attached hydrogens (tertiary/aromatic N) is 1. The van der Waals surface area contributed by atoms with Crippen LogP contribution >= 0.6 is 7.82 Å². The summed E-state index contributed by atoms with van der Waals surface area (Å²) in [5, 5.41) is 13.9. The highest BCUT2D eigenvalue weighted by Gasteiger charge is 2.23. The zero-order chi connectivity index (χ0) is 53.5. The monoisotopic (exact) mass is 1050 g/mol. The number of phosphoric acid groups is 1. The van der Waals surface area contributed by atoms with E-state index in [0.29, 0.717) is 17.4 Å². The van der Waals surface area contributed by atoms with Crippen molar-refractivity contribution in [1.29, 1.82) is 0 Å². The van der Waals surface area contributed by atoms with E-state index in [2.05, 4.69) is 43.5 Å². The lowest BCUT2D eigenvalue weighted by molar-refractivity contribution is -0.870. The lowest BCUT2D eigenvalue weighted by atomic mass is 10.0. The molecule has 8 nitrogen and oxygen atoms in total. The largest absolute Gasteiger partial charge is 0.756 e. The molecule has 0 fully saturated rings. The van der Waals surface area contributed by atoms with Gasteiger partial charge < -0.3 is 28.8 Å². The maximum absolute atomic E-state index is 13.0. The minimum absolute atomic E-state index is 0.000442. The molecule has 2 N–H and O–H groups in total. The van der Waals surface area contributed by atoms with E-state index in [9.17, 15) is 19.4 Å². The molecule has 3 unspecified atom stereocenters. The Kier molecular flexibility index (Phi) is 54.5. The second kappa shape index (κ2) is 55.5. The molecule has 432 valence electrons. The first-order chi connectivity index (χ1) is 35.5. The number of amides is 1. The second-order valence-corrected chi connectivity index (χ2v) is 24.5. The fraction of sp³-hybridized carbons (Fsp3) is 0.891. The van der Waals surface area contributed by atoms with Crippen LogP contribution in [-0.4, -0.2) is 68.5 Å². The molecule has 0 radical (unpaired) electrons. The van der Waals surface area contributed by atoms with Crippen molar-refractivity contribution in [2.75, 3.05) is 40.9 Å². The van der Waals surface area contributed by atoms with Gasteiger partial charge in [0, 0.05) is 6.42 Å². The first-order valence-corrected chi connectivity index (χ1v) is 33.3. The highest BCUT2D eigenvalue weighted by Crippen LogP contribution is 2.38. The van der Waals surface area contributed by atoms with Crippen LogP contribution in [-0.2, 0) is 18.4 Å². The Bertz CT molecular complexity index is 1280. The van der Waals surface area contributed by atoms with Gasteiger partial charge in [0.05, 0.1) is 39.9 Å². The van der Waals surface area contributed by atoms with Gasteiger partial charge in [0.2, 0.25) is 5.91 Å². The maximum atomic E-state index is 13.0. The Morgan fingerprint density at radius 2 is 0.795 bits per heavy atom. The lowest BCUT2D eigenvalue weighted by Crippen LogP contribution is -2.45. The molecule has 0 spiro atoms. The van der Waals surface area contributed by atoms with Crippen molar-refractivity contribution < 1.29 is 32.9 Å². The predicted octanol–water partition coefficient (Wildman–Crippen LogP) is 19.1. The number of hydrogen-bond acceptors (Lipinski definition) is 6. The Morgan fingerprint density at radius 1 is 0.479 bits per heavy atom. The van der Waals surface area contributed by atoms with Crippen molar-refractivity contribution in [3.63, 3.8) is 0 Å². The van der Waals surface area contributed by atoms with E-state index < -0.39 is 20.0 Å². The van der Waals surface area contributed by atoms with Crippen LogP contribution in [0.1, 0.15) is 316 Å². The summed E-state index contributed by atoms with van der Waals surface area (Å²) in [6.45, 7) is 4.69. The number of likely N-dealkylation sites (N-methyl/N-ethyl adjacent to an activating group) is 1. The summed E-state index contributed by atoms with van der Waals surface area (Å²) in [7, 11) is 1.27. The molecule has 0 saturated carbocycles. The third-order valence-corrected chi connectivity index (χ3v) is 15.6. The quantitative estimate of drug-likeness (QED) is 0.0272. The topological polar surface area (TPSA) is 108 Å². The number of rotatable bonds is 59. The van der Waals surface area contributed by atoms with Crippen molar-refractivity contribution in [3.05, 3.63) is 36.5 Å². The van der Waals surface area contributed by atoms with Crippen LogP contribution in [0.5, 0.6) is 0 Å². The molecule has 0 aliphatic carbocycles. The van der Waals surface area contributed by atoms with E-state index >= 15 is 0 Å². The number of nitrogens with one attached hydrogen (secondary N) is 1. The number of hydrogen-bond donors (Lipinski definition) is 2. The summed E-state index contributed by atoms with van der Waals surface area (Å²) in [5.41, 5.74) is 0. The van der Waals surface area contributed by atoms with Gasteiger partial charge in [0.1, 0.15) is 13.2 Å². The van der Waals surface area contributed by atoms with Crippen LogP contribution in [0.3, 0.4) is 0 Å². The van der Waals surface area contributed by atoms with Crippen LogP contribution < -0.4 is 10.2 Å². The Balaban J connectivity index is 4.00. The molecule has 0 aliphatic rings. The summed E-state index contributed by atoms with van der Waals surface area (Å²) >= 11 is 0. The van der Waals surface area contributed by atoms with Gasteiger partial charge in [0.25, 0.3) is 7.82 Å². The molecule has 0 bridgehead atoms. The molecule has 0 rings (SSSR count). The smallest absolute Gasteiger partial charge is 0.268 e. The molecule has 9 heteroatoms. The minimum Gasteiger partial charge on any atom is -0.756 e. The highest BCUT2D eigenvalue weighted by molar-refractivity contribution is 7.45. The number of unbranched alkanes of at least 4 members (excludes halogenated alkanes) is 42. The molecule has 1 amide bonds.